The summed E-state index contributed by atoms with van der Waals surface area (Å²) in [5.41, 5.74) is 3.17. The maximum absolute atomic E-state index is 10.9. The minimum atomic E-state index is -1.01. The van der Waals surface area contributed by atoms with Crippen LogP contribution in [0.3, 0.4) is 0 Å². The van der Waals surface area contributed by atoms with Gasteiger partial charge in [0.2, 0.25) is 0 Å². The fourth-order valence-corrected chi connectivity index (χ4v) is 3.16. The number of ether oxygens (including phenoxy) is 2. The molecule has 0 radical (unpaired) electrons. The van der Waals surface area contributed by atoms with Crippen LogP contribution in [-0.4, -0.2) is 30.5 Å². The molecule has 7 heteroatoms. The quantitative estimate of drug-likeness (QED) is 0.278. The average molecular weight is 475 g/mol. The van der Waals surface area contributed by atoms with E-state index in [0.29, 0.717) is 29.4 Å². The van der Waals surface area contributed by atoms with Crippen molar-refractivity contribution >= 4 is 11.7 Å². The molecular formula is C28H30N2O5. The third-order valence-electron chi connectivity index (χ3n) is 4.81. The summed E-state index contributed by atoms with van der Waals surface area (Å²) in [4.78, 5) is 15.8. The monoisotopic (exact) mass is 474 g/mol. The maximum Gasteiger partial charge on any atom is 0.305 e. The highest BCUT2D eigenvalue weighted by atomic mass is 16.6. The average Bonchev–Trinajstić information content (AvgIpc) is 2.90. The standard InChI is InChI=1S/C26H24N2O5.C2H6/c1-31-28-25(21-7-3-2-4-8-21)18-33-24-9-5-6-19(14-24)17-32-23-12-10-20(11-13-23)22(16-27)15-26(29)30;1-2/h2-14,22H,15,17-18H2,1H3,(H,29,30);1-2H3/b28-25-;. The Morgan fingerprint density at radius 3 is 2.31 bits per heavy atom. The molecule has 0 aliphatic carbocycles. The van der Waals surface area contributed by atoms with Gasteiger partial charge in [-0.15, -0.1) is 0 Å². The molecule has 3 aromatic rings. The number of carboxylic acids is 1. The van der Waals surface area contributed by atoms with Crippen molar-refractivity contribution in [3.05, 3.63) is 95.6 Å². The summed E-state index contributed by atoms with van der Waals surface area (Å²) in [7, 11) is 1.50. The number of nitrogens with zero attached hydrogens (tertiary/aromatic N) is 2. The second kappa shape index (κ2) is 14.8. The minimum Gasteiger partial charge on any atom is -0.489 e. The number of nitriles is 1. The first-order valence-corrected chi connectivity index (χ1v) is 11.3. The number of benzene rings is 3. The third kappa shape index (κ3) is 8.86. The lowest BCUT2D eigenvalue weighted by atomic mass is 9.97. The zero-order valence-electron chi connectivity index (χ0n) is 20.2. The summed E-state index contributed by atoms with van der Waals surface area (Å²) in [6.07, 6.45) is -0.232. The normalized spacial score (nSPS) is 11.3. The molecule has 0 fully saturated rings. The van der Waals surface area contributed by atoms with Crippen LogP contribution in [0.15, 0.2) is 84.0 Å². The molecule has 1 atom stereocenters. The van der Waals surface area contributed by atoms with Crippen LogP contribution in [0.25, 0.3) is 0 Å². The zero-order valence-corrected chi connectivity index (χ0v) is 20.2. The van der Waals surface area contributed by atoms with E-state index in [0.717, 1.165) is 11.1 Å². The van der Waals surface area contributed by atoms with Crippen molar-refractivity contribution in [3.63, 3.8) is 0 Å². The van der Waals surface area contributed by atoms with E-state index < -0.39 is 11.9 Å². The van der Waals surface area contributed by atoms with Gasteiger partial charge in [0.1, 0.15) is 37.5 Å². The van der Waals surface area contributed by atoms with Gasteiger partial charge < -0.3 is 19.4 Å². The predicted octanol–water partition coefficient (Wildman–Crippen LogP) is 5.80. The molecule has 0 saturated carbocycles. The largest absolute Gasteiger partial charge is 0.489 e. The fraction of sp³-hybridized carbons (Fsp3) is 0.250. The van der Waals surface area contributed by atoms with Crippen LogP contribution in [0, 0.1) is 11.3 Å². The van der Waals surface area contributed by atoms with Gasteiger partial charge in [0.05, 0.1) is 18.4 Å². The minimum absolute atomic E-state index is 0.232. The Bertz CT molecular complexity index is 1120. The highest BCUT2D eigenvalue weighted by molar-refractivity contribution is 6.01. The van der Waals surface area contributed by atoms with Gasteiger partial charge in [-0.05, 0) is 35.4 Å². The Morgan fingerprint density at radius 1 is 0.971 bits per heavy atom. The lowest BCUT2D eigenvalue weighted by molar-refractivity contribution is -0.137. The van der Waals surface area contributed by atoms with Crippen LogP contribution >= 0.6 is 0 Å². The number of hydrogen-bond donors (Lipinski definition) is 1. The van der Waals surface area contributed by atoms with Gasteiger partial charge in [-0.25, -0.2) is 0 Å². The van der Waals surface area contributed by atoms with Gasteiger partial charge in [0.15, 0.2) is 0 Å². The second-order valence-electron chi connectivity index (χ2n) is 7.16. The molecule has 35 heavy (non-hydrogen) atoms. The van der Waals surface area contributed by atoms with Gasteiger partial charge in [0, 0.05) is 5.56 Å². The van der Waals surface area contributed by atoms with Gasteiger partial charge >= 0.3 is 5.97 Å². The van der Waals surface area contributed by atoms with E-state index >= 15 is 0 Å². The molecule has 0 aliphatic heterocycles. The van der Waals surface area contributed by atoms with Gasteiger partial charge in [-0.2, -0.15) is 5.26 Å². The van der Waals surface area contributed by atoms with Crippen molar-refractivity contribution in [1.82, 2.24) is 0 Å². The van der Waals surface area contributed by atoms with Crippen LogP contribution in [0.1, 0.15) is 42.9 Å². The zero-order chi connectivity index (χ0) is 25.5. The molecule has 0 amide bonds. The van der Waals surface area contributed by atoms with E-state index in [4.69, 9.17) is 19.4 Å². The van der Waals surface area contributed by atoms with Crippen molar-refractivity contribution < 1.29 is 24.2 Å². The van der Waals surface area contributed by atoms with E-state index in [1.54, 1.807) is 24.3 Å². The summed E-state index contributed by atoms with van der Waals surface area (Å²) < 4.78 is 11.7. The molecule has 0 bridgehead atoms. The topological polar surface area (TPSA) is 101 Å². The molecule has 3 rings (SSSR count). The lowest BCUT2D eigenvalue weighted by Crippen LogP contribution is -2.13. The highest BCUT2D eigenvalue weighted by Gasteiger charge is 2.14. The first-order chi connectivity index (χ1) is 17.1. The smallest absolute Gasteiger partial charge is 0.305 e. The lowest BCUT2D eigenvalue weighted by Gasteiger charge is -2.12. The second-order valence-corrected chi connectivity index (χ2v) is 7.16. The van der Waals surface area contributed by atoms with E-state index in [1.165, 1.54) is 7.11 Å². The summed E-state index contributed by atoms with van der Waals surface area (Å²) in [6.45, 7) is 4.57. The van der Waals surface area contributed by atoms with Crippen molar-refractivity contribution in [2.24, 2.45) is 5.16 Å². The Kier molecular flexibility index (Phi) is 11.4. The highest BCUT2D eigenvalue weighted by Crippen LogP contribution is 2.23. The first-order valence-electron chi connectivity index (χ1n) is 11.3. The summed E-state index contributed by atoms with van der Waals surface area (Å²) in [5.74, 6) is -0.395. The van der Waals surface area contributed by atoms with Crippen LogP contribution in [0.2, 0.25) is 0 Å². The van der Waals surface area contributed by atoms with E-state index in [9.17, 15) is 10.1 Å². The molecule has 1 unspecified atom stereocenters. The molecule has 0 aliphatic rings. The van der Waals surface area contributed by atoms with Gasteiger partial charge in [-0.3, -0.25) is 4.79 Å². The van der Waals surface area contributed by atoms with Crippen LogP contribution in [0.4, 0.5) is 0 Å². The summed E-state index contributed by atoms with van der Waals surface area (Å²) in [6, 6.07) is 26.2. The van der Waals surface area contributed by atoms with Crippen LogP contribution < -0.4 is 9.47 Å². The first kappa shape index (κ1) is 26.9. The fourth-order valence-electron chi connectivity index (χ4n) is 3.16. The Balaban J connectivity index is 0.00000210. The maximum atomic E-state index is 10.9. The summed E-state index contributed by atoms with van der Waals surface area (Å²) in [5, 5.41) is 22.2. The molecule has 1 N–H and O–H groups in total. The van der Waals surface area contributed by atoms with Crippen LogP contribution in [0.5, 0.6) is 11.5 Å². The van der Waals surface area contributed by atoms with E-state index in [-0.39, 0.29) is 13.0 Å². The molecule has 0 spiro atoms. The van der Waals surface area contributed by atoms with Crippen molar-refractivity contribution in [2.75, 3.05) is 13.7 Å². The van der Waals surface area contributed by atoms with E-state index in [1.807, 2.05) is 74.5 Å². The van der Waals surface area contributed by atoms with Crippen molar-refractivity contribution in [3.8, 4) is 17.6 Å². The SMILES string of the molecule is CC.CO/N=C(/COc1cccc(COc2ccc(C(C#N)CC(=O)O)cc2)c1)c1ccccc1. The molecule has 7 nitrogen and oxygen atoms in total. The molecule has 0 aromatic heterocycles. The van der Waals surface area contributed by atoms with Gasteiger partial charge in [0.25, 0.3) is 0 Å². The molecule has 0 saturated heterocycles. The third-order valence-corrected chi connectivity index (χ3v) is 4.81. The number of aliphatic carboxylic acids is 1. The Hall–Kier alpha value is -4.31. The molecule has 3 aromatic carbocycles. The number of carbonyl (C=O) groups is 1. The summed E-state index contributed by atoms with van der Waals surface area (Å²) >= 11 is 0. The molecule has 0 heterocycles. The number of rotatable bonds is 11. The van der Waals surface area contributed by atoms with Gasteiger partial charge in [-0.1, -0.05) is 73.6 Å². The van der Waals surface area contributed by atoms with Crippen molar-refractivity contribution in [1.29, 1.82) is 5.26 Å². The Morgan fingerprint density at radius 2 is 1.69 bits per heavy atom. The number of carboxylic acid groups (broad SMARTS) is 1. The van der Waals surface area contributed by atoms with Crippen molar-refractivity contribution in [2.45, 2.75) is 32.8 Å². The van der Waals surface area contributed by atoms with Crippen LogP contribution in [-0.2, 0) is 16.2 Å². The number of hydrogen-bond acceptors (Lipinski definition) is 6. The number of oxime groups is 1. The molecule has 182 valence electrons. The molecular weight excluding hydrogens is 444 g/mol. The van der Waals surface area contributed by atoms with E-state index in [2.05, 4.69) is 5.16 Å². The Labute approximate surface area is 206 Å². The predicted molar refractivity (Wildman–Crippen MR) is 135 cm³/mol.